The molecular formula is C68H64Cl2N10O6S4. The lowest BCUT2D eigenvalue weighted by Crippen LogP contribution is -2.11. The summed E-state index contributed by atoms with van der Waals surface area (Å²) in [7, 11) is 7.86. The third-order valence-corrected chi connectivity index (χ3v) is 21.4. The van der Waals surface area contributed by atoms with Crippen LogP contribution < -0.4 is 9.47 Å². The van der Waals surface area contributed by atoms with Gasteiger partial charge in [-0.15, -0.1) is 47.0 Å². The highest BCUT2D eigenvalue weighted by atomic mass is 35.5. The van der Waals surface area contributed by atoms with Crippen LogP contribution in [-0.4, -0.2) is 83.6 Å². The van der Waals surface area contributed by atoms with Gasteiger partial charge in [0.2, 0.25) is 0 Å². The van der Waals surface area contributed by atoms with Gasteiger partial charge >= 0.3 is 11.9 Å². The van der Waals surface area contributed by atoms with Gasteiger partial charge in [-0.1, -0.05) is 71.7 Å². The number of carbonyl (C=O) groups is 2. The van der Waals surface area contributed by atoms with E-state index in [-0.39, 0.29) is 11.4 Å². The van der Waals surface area contributed by atoms with Crippen molar-refractivity contribution in [1.29, 1.82) is 0 Å². The Kier molecular flexibility index (Phi) is 17.6. The SMILES string of the molecule is Cc1c2c(nn1C)CSCc1cc(n(C)n1)CSc1cc(c3ccccc3c1)OCCCn1c(C(=O)O)cc3c-2c(Cl)ccc31.Cc1c2c(nn1C)CSCc1cc(n(C)n1)CSc1cc(c3ccccc3c1)OCCCn1c(C(=O)O)cc3c-2c(Cl)ccc31. The maximum atomic E-state index is 12.5. The highest BCUT2D eigenvalue weighted by molar-refractivity contribution is 7.99. The first-order valence-electron chi connectivity index (χ1n) is 29.5. The molecule has 90 heavy (non-hydrogen) atoms. The van der Waals surface area contributed by atoms with Crippen molar-refractivity contribution < 1.29 is 29.3 Å². The molecule has 16 bridgehead atoms. The number of benzene rings is 6. The van der Waals surface area contributed by atoms with Gasteiger partial charge in [-0.2, -0.15) is 20.4 Å². The van der Waals surface area contributed by atoms with Crippen LogP contribution in [0.2, 0.25) is 10.0 Å². The lowest BCUT2D eigenvalue weighted by molar-refractivity contribution is 0.0674. The number of rotatable bonds is 2. The Morgan fingerprint density at radius 3 is 1.32 bits per heavy atom. The highest BCUT2D eigenvalue weighted by Crippen LogP contribution is 2.44. The molecule has 0 aliphatic carbocycles. The number of fused-ring (bicyclic) bond motifs is 16. The predicted octanol–water partition coefficient (Wildman–Crippen LogP) is 16.2. The third kappa shape index (κ3) is 12.1. The van der Waals surface area contributed by atoms with Crippen molar-refractivity contribution in [2.24, 2.45) is 28.2 Å². The molecule has 2 aliphatic rings. The fraction of sp³-hybridized carbons (Fsp3) is 0.265. The number of halogens is 2. The molecule has 0 amide bonds. The van der Waals surface area contributed by atoms with E-state index in [1.807, 2.05) is 118 Å². The summed E-state index contributed by atoms with van der Waals surface area (Å²) in [5.41, 5.74) is 13.8. The third-order valence-electron chi connectivity index (χ3n) is 16.8. The molecule has 0 spiro atoms. The maximum absolute atomic E-state index is 12.5. The molecule has 14 rings (SSSR count). The number of hydrogen-bond donors (Lipinski definition) is 2. The topological polar surface area (TPSA) is 174 Å². The van der Waals surface area contributed by atoms with Gasteiger partial charge in [0.1, 0.15) is 22.9 Å². The van der Waals surface area contributed by atoms with Crippen LogP contribution in [0.4, 0.5) is 0 Å². The number of ether oxygens (including phenoxy) is 2. The molecule has 0 radical (unpaired) electrons. The van der Waals surface area contributed by atoms with Gasteiger partial charge in [-0.3, -0.25) is 18.7 Å². The standard InChI is InChI=1S/2C34H32ClN5O3S2/c2*1-20-32-28(37-38(20)2)19-44-17-22-14-23(39(3)36-22)18-45-24-13-21-7-4-5-8-25(21)31(15-24)43-12-6-11-40-29-10-9-27(35)33(32)26(29)16-30(40)34(41)42/h2*4-5,7-10,13-16H,6,11-12,17-19H2,1-3H3,(H,41,42). The van der Waals surface area contributed by atoms with Crippen molar-refractivity contribution in [3.8, 4) is 33.8 Å². The van der Waals surface area contributed by atoms with E-state index in [1.165, 1.54) is 0 Å². The average molecular weight is 1320 g/mol. The smallest absolute Gasteiger partial charge is 0.352 e. The van der Waals surface area contributed by atoms with E-state index in [0.717, 1.165) is 155 Å². The lowest BCUT2D eigenvalue weighted by Gasteiger charge is -2.14. The summed E-state index contributed by atoms with van der Waals surface area (Å²) in [5, 5.41) is 46.9. The highest BCUT2D eigenvalue weighted by Gasteiger charge is 2.27. The Labute approximate surface area is 546 Å². The van der Waals surface area contributed by atoms with Crippen LogP contribution in [0.15, 0.2) is 131 Å². The Bertz CT molecular complexity index is 4490. The van der Waals surface area contributed by atoms with Crippen LogP contribution in [-0.2, 0) is 75.8 Å². The van der Waals surface area contributed by atoms with E-state index in [2.05, 4.69) is 60.7 Å². The molecule has 0 atom stereocenters. The molecule has 8 heterocycles. The van der Waals surface area contributed by atoms with Gasteiger partial charge in [0, 0.05) is 173 Å². The molecule has 0 unspecified atom stereocenters. The number of nitrogens with zero attached hydrogens (tertiary/aromatic N) is 10. The molecule has 460 valence electrons. The summed E-state index contributed by atoms with van der Waals surface area (Å²) in [5.74, 6) is 4.05. The van der Waals surface area contributed by atoms with Gasteiger partial charge in [0.15, 0.2) is 0 Å². The zero-order valence-corrected chi connectivity index (χ0v) is 55.2. The van der Waals surface area contributed by atoms with Crippen molar-refractivity contribution in [3.05, 3.63) is 188 Å². The van der Waals surface area contributed by atoms with Crippen molar-refractivity contribution >= 4 is 126 Å². The molecule has 0 saturated carbocycles. The minimum Gasteiger partial charge on any atom is -0.493 e. The van der Waals surface area contributed by atoms with E-state index in [0.29, 0.717) is 60.7 Å². The van der Waals surface area contributed by atoms with E-state index < -0.39 is 11.9 Å². The quantitative estimate of drug-likeness (QED) is 0.167. The number of hydrogen-bond acceptors (Lipinski definition) is 12. The molecule has 0 saturated heterocycles. The van der Waals surface area contributed by atoms with Crippen LogP contribution in [0, 0.1) is 13.8 Å². The molecule has 16 nitrogen and oxygen atoms in total. The Balaban J connectivity index is 0.000000165. The molecule has 22 heteroatoms. The predicted molar refractivity (Wildman–Crippen MR) is 365 cm³/mol. The Morgan fingerprint density at radius 2 is 0.900 bits per heavy atom. The monoisotopic (exact) mass is 1310 g/mol. The van der Waals surface area contributed by atoms with Gasteiger partial charge < -0.3 is 28.8 Å². The summed E-state index contributed by atoms with van der Waals surface area (Å²) in [4.78, 5) is 27.2. The van der Waals surface area contributed by atoms with Crippen LogP contribution in [0.25, 0.3) is 65.6 Å². The zero-order valence-electron chi connectivity index (χ0n) is 50.4. The van der Waals surface area contributed by atoms with Gasteiger partial charge in [0.25, 0.3) is 0 Å². The van der Waals surface area contributed by atoms with E-state index in [4.69, 9.17) is 53.1 Å². The number of aryl methyl sites for hydroxylation is 6. The molecule has 12 aromatic rings. The molecule has 2 N–H and O–H groups in total. The number of aromatic carboxylic acids is 2. The van der Waals surface area contributed by atoms with Crippen LogP contribution in [0.5, 0.6) is 11.5 Å². The molecule has 0 fully saturated rings. The number of aromatic nitrogens is 10. The van der Waals surface area contributed by atoms with Gasteiger partial charge in [0.05, 0.1) is 36.0 Å². The first-order chi connectivity index (χ1) is 43.6. The first kappa shape index (κ1) is 61.2. The van der Waals surface area contributed by atoms with E-state index in [9.17, 15) is 19.8 Å². The second-order valence-corrected chi connectivity index (χ2v) is 27.4. The molecule has 2 aliphatic heterocycles. The number of carboxylic acid groups (broad SMARTS) is 2. The summed E-state index contributed by atoms with van der Waals surface area (Å²) in [6, 6.07) is 40.5. The Morgan fingerprint density at radius 1 is 0.478 bits per heavy atom. The van der Waals surface area contributed by atoms with Crippen molar-refractivity contribution in [2.45, 2.75) is 84.1 Å². The van der Waals surface area contributed by atoms with Crippen LogP contribution >= 0.6 is 70.2 Å². The van der Waals surface area contributed by atoms with Crippen molar-refractivity contribution in [3.63, 3.8) is 0 Å². The second-order valence-electron chi connectivity index (χ2n) is 22.5. The number of carboxylic acids is 2. The van der Waals surface area contributed by atoms with Crippen LogP contribution in [0.1, 0.15) is 79.4 Å². The largest absolute Gasteiger partial charge is 0.493 e. The molecule has 6 aromatic carbocycles. The minimum absolute atomic E-state index is 0.225. The van der Waals surface area contributed by atoms with Gasteiger partial charge in [-0.05, 0) is 110 Å². The van der Waals surface area contributed by atoms with Crippen molar-refractivity contribution in [1.82, 2.24) is 48.3 Å². The Hall–Kier alpha value is -7.72. The first-order valence-corrected chi connectivity index (χ1v) is 34.5. The zero-order chi connectivity index (χ0) is 62.5. The van der Waals surface area contributed by atoms with Gasteiger partial charge in [-0.25, -0.2) is 9.59 Å². The summed E-state index contributed by atoms with van der Waals surface area (Å²) < 4.78 is 24.2. The van der Waals surface area contributed by atoms with E-state index in [1.54, 1.807) is 59.2 Å². The molecular weight excluding hydrogens is 1250 g/mol. The summed E-state index contributed by atoms with van der Waals surface area (Å²) in [6.07, 6.45) is 1.25. The fourth-order valence-electron chi connectivity index (χ4n) is 12.3. The summed E-state index contributed by atoms with van der Waals surface area (Å²) in [6.45, 7) is 5.89. The van der Waals surface area contributed by atoms with Crippen LogP contribution in [0.3, 0.4) is 0 Å². The minimum atomic E-state index is -0.979. The normalized spacial score (nSPS) is 14.3. The lowest BCUT2D eigenvalue weighted by atomic mass is 9.99. The summed E-state index contributed by atoms with van der Waals surface area (Å²) >= 11 is 20.9. The second kappa shape index (κ2) is 25.9. The molecule has 6 aromatic heterocycles. The fourth-order valence-corrected chi connectivity index (χ4v) is 16.4. The van der Waals surface area contributed by atoms with Crippen molar-refractivity contribution in [2.75, 3.05) is 13.2 Å². The van der Waals surface area contributed by atoms with E-state index >= 15 is 0 Å². The number of thioether (sulfide) groups is 4. The average Bonchev–Trinajstić information content (AvgIpc) is 1.63. The maximum Gasteiger partial charge on any atom is 0.352 e.